The Morgan fingerprint density at radius 3 is 2.70 bits per heavy atom. The summed E-state index contributed by atoms with van der Waals surface area (Å²) < 4.78 is 30.4. The number of hydrogen-bond donors (Lipinski definition) is 0. The molecule has 0 N–H and O–H groups in total. The Balaban J connectivity index is 2.36. The maximum atomic E-state index is 12.4. The van der Waals surface area contributed by atoms with Gasteiger partial charge in [0.05, 0.1) is 24.1 Å². The number of aryl methyl sites for hydroxylation is 1. The molecule has 0 spiro atoms. The van der Waals surface area contributed by atoms with Gasteiger partial charge in [0.1, 0.15) is 6.33 Å². The summed E-state index contributed by atoms with van der Waals surface area (Å²) in [5, 5.41) is 0. The number of ether oxygens (including phenoxy) is 1. The molecule has 1 heterocycles. The van der Waals surface area contributed by atoms with Crippen LogP contribution >= 0.6 is 0 Å². The molecule has 0 radical (unpaired) electrons. The number of carbonyl (C=O) groups is 1. The maximum absolute atomic E-state index is 12.4. The zero-order chi connectivity index (χ0) is 14.8. The van der Waals surface area contributed by atoms with Crippen molar-refractivity contribution in [3.8, 4) is 0 Å². The highest BCUT2D eigenvalue weighted by atomic mass is 32.2. The lowest BCUT2D eigenvalue weighted by atomic mass is 10.2. The van der Waals surface area contributed by atoms with Crippen molar-refractivity contribution in [1.29, 1.82) is 0 Å². The molecular formula is C13H14N2O4S. The Kier molecular flexibility index (Phi) is 3.89. The van der Waals surface area contributed by atoms with Gasteiger partial charge in [-0.2, -0.15) is 0 Å². The van der Waals surface area contributed by atoms with Crippen molar-refractivity contribution < 1.29 is 17.9 Å². The summed E-state index contributed by atoms with van der Waals surface area (Å²) in [6.07, 6.45) is 2.44. The number of imidazole rings is 1. The van der Waals surface area contributed by atoms with Crippen molar-refractivity contribution in [2.24, 2.45) is 0 Å². The van der Waals surface area contributed by atoms with Crippen molar-refractivity contribution in [2.45, 2.75) is 18.2 Å². The summed E-state index contributed by atoms with van der Waals surface area (Å²) in [6, 6.07) is 6.68. The van der Waals surface area contributed by atoms with Crippen LogP contribution in [0.5, 0.6) is 0 Å². The van der Waals surface area contributed by atoms with Crippen LogP contribution in [0.4, 0.5) is 0 Å². The maximum Gasteiger partial charge on any atom is 0.311 e. The zero-order valence-electron chi connectivity index (χ0n) is 11.1. The number of rotatable bonds is 4. The van der Waals surface area contributed by atoms with Crippen LogP contribution in [0, 0.1) is 6.92 Å². The van der Waals surface area contributed by atoms with E-state index in [9.17, 15) is 13.2 Å². The van der Waals surface area contributed by atoms with Crippen LogP contribution in [0.2, 0.25) is 0 Å². The molecule has 0 atom stereocenters. The molecule has 0 saturated carbocycles. The first-order valence-electron chi connectivity index (χ1n) is 5.86. The Labute approximate surface area is 117 Å². The van der Waals surface area contributed by atoms with E-state index in [4.69, 9.17) is 0 Å². The fourth-order valence-corrected chi connectivity index (χ4v) is 3.13. The van der Waals surface area contributed by atoms with E-state index in [2.05, 4.69) is 9.72 Å². The van der Waals surface area contributed by atoms with E-state index < -0.39 is 16.0 Å². The van der Waals surface area contributed by atoms with Crippen molar-refractivity contribution in [3.63, 3.8) is 0 Å². The SMILES string of the molecule is COC(=O)Cc1cn(S(=O)(=O)c2ccccc2C)cn1. The molecule has 0 amide bonds. The first-order valence-corrected chi connectivity index (χ1v) is 7.30. The molecule has 106 valence electrons. The zero-order valence-corrected chi connectivity index (χ0v) is 11.9. The summed E-state index contributed by atoms with van der Waals surface area (Å²) in [4.78, 5) is 15.3. The minimum atomic E-state index is -3.69. The van der Waals surface area contributed by atoms with E-state index in [-0.39, 0.29) is 11.3 Å². The van der Waals surface area contributed by atoms with Gasteiger partial charge in [-0.3, -0.25) is 4.79 Å². The van der Waals surface area contributed by atoms with Gasteiger partial charge in [-0.05, 0) is 18.6 Å². The van der Waals surface area contributed by atoms with E-state index in [0.717, 1.165) is 3.97 Å². The van der Waals surface area contributed by atoms with Crippen LogP contribution in [0.25, 0.3) is 0 Å². The van der Waals surface area contributed by atoms with E-state index in [1.165, 1.54) is 25.7 Å². The molecule has 1 aromatic carbocycles. The second kappa shape index (κ2) is 5.46. The van der Waals surface area contributed by atoms with Gasteiger partial charge in [0, 0.05) is 6.20 Å². The second-order valence-corrected chi connectivity index (χ2v) is 6.03. The van der Waals surface area contributed by atoms with Crippen molar-refractivity contribution >= 4 is 16.0 Å². The summed E-state index contributed by atoms with van der Waals surface area (Å²) >= 11 is 0. The second-order valence-electron chi connectivity index (χ2n) is 4.22. The van der Waals surface area contributed by atoms with Crippen LogP contribution < -0.4 is 0 Å². The normalized spacial score (nSPS) is 11.3. The number of esters is 1. The van der Waals surface area contributed by atoms with Gasteiger partial charge in [0.25, 0.3) is 10.0 Å². The van der Waals surface area contributed by atoms with E-state index in [1.807, 2.05) is 0 Å². The molecule has 0 fully saturated rings. The van der Waals surface area contributed by atoms with Crippen molar-refractivity contribution in [2.75, 3.05) is 7.11 Å². The lowest BCUT2D eigenvalue weighted by Gasteiger charge is -2.07. The topological polar surface area (TPSA) is 78.3 Å². The molecule has 0 bridgehead atoms. The monoisotopic (exact) mass is 294 g/mol. The third kappa shape index (κ3) is 2.72. The number of benzene rings is 1. The Morgan fingerprint density at radius 2 is 2.05 bits per heavy atom. The smallest absolute Gasteiger partial charge is 0.311 e. The van der Waals surface area contributed by atoms with E-state index >= 15 is 0 Å². The van der Waals surface area contributed by atoms with Gasteiger partial charge in [0.15, 0.2) is 0 Å². The molecule has 2 rings (SSSR count). The molecule has 2 aromatic rings. The van der Waals surface area contributed by atoms with E-state index in [0.29, 0.717) is 11.3 Å². The minimum absolute atomic E-state index is 0.0627. The summed E-state index contributed by atoms with van der Waals surface area (Å²) in [7, 11) is -2.42. The van der Waals surface area contributed by atoms with Crippen LogP contribution in [-0.4, -0.2) is 30.5 Å². The van der Waals surface area contributed by atoms with Gasteiger partial charge < -0.3 is 4.74 Å². The number of nitrogens with zero attached hydrogens (tertiary/aromatic N) is 2. The van der Waals surface area contributed by atoms with Gasteiger partial charge in [-0.25, -0.2) is 17.4 Å². The predicted octanol–water partition coefficient (Wildman–Crippen LogP) is 1.14. The molecule has 0 saturated heterocycles. The van der Waals surface area contributed by atoms with Crippen molar-refractivity contribution in [1.82, 2.24) is 8.96 Å². The number of aromatic nitrogens is 2. The molecule has 20 heavy (non-hydrogen) atoms. The number of hydrogen-bond acceptors (Lipinski definition) is 5. The predicted molar refractivity (Wildman–Crippen MR) is 71.7 cm³/mol. The molecule has 0 aliphatic heterocycles. The average molecular weight is 294 g/mol. The van der Waals surface area contributed by atoms with Gasteiger partial charge in [-0.15, -0.1) is 0 Å². The Morgan fingerprint density at radius 1 is 1.35 bits per heavy atom. The first kappa shape index (κ1) is 14.3. The van der Waals surface area contributed by atoms with Crippen LogP contribution in [0.1, 0.15) is 11.3 Å². The fourth-order valence-electron chi connectivity index (χ4n) is 1.75. The molecule has 0 aliphatic rings. The largest absolute Gasteiger partial charge is 0.469 e. The Bertz CT molecular complexity index is 734. The molecule has 0 aliphatic carbocycles. The number of methoxy groups -OCH3 is 1. The lowest BCUT2D eigenvalue weighted by Crippen LogP contribution is -2.12. The summed E-state index contributed by atoms with van der Waals surface area (Å²) in [5.74, 6) is -0.469. The molecule has 7 heteroatoms. The van der Waals surface area contributed by atoms with Crippen LogP contribution in [0.3, 0.4) is 0 Å². The minimum Gasteiger partial charge on any atom is -0.469 e. The third-order valence-corrected chi connectivity index (χ3v) is 4.58. The summed E-state index contributed by atoms with van der Waals surface area (Å²) in [5.41, 5.74) is 0.990. The standard InChI is InChI=1S/C13H14N2O4S/c1-10-5-3-4-6-12(10)20(17,18)15-8-11(14-9-15)7-13(16)19-2/h3-6,8-9H,7H2,1-2H3. The third-order valence-electron chi connectivity index (χ3n) is 2.82. The molecule has 1 aromatic heterocycles. The highest BCUT2D eigenvalue weighted by Crippen LogP contribution is 2.18. The van der Waals surface area contributed by atoms with Crippen LogP contribution in [-0.2, 0) is 26.0 Å². The molecule has 0 unspecified atom stereocenters. The Hall–Kier alpha value is -2.15. The number of carbonyl (C=O) groups excluding carboxylic acids is 1. The fraction of sp³-hybridized carbons (Fsp3) is 0.231. The summed E-state index contributed by atoms with van der Waals surface area (Å²) in [6.45, 7) is 1.72. The van der Waals surface area contributed by atoms with Gasteiger partial charge >= 0.3 is 5.97 Å². The van der Waals surface area contributed by atoms with E-state index in [1.54, 1.807) is 25.1 Å². The van der Waals surface area contributed by atoms with Gasteiger partial charge in [-0.1, -0.05) is 18.2 Å². The quantitative estimate of drug-likeness (QED) is 0.790. The first-order chi connectivity index (χ1) is 9.45. The van der Waals surface area contributed by atoms with Crippen molar-refractivity contribution in [3.05, 3.63) is 48.0 Å². The molecular weight excluding hydrogens is 280 g/mol. The molecule has 6 nitrogen and oxygen atoms in total. The lowest BCUT2D eigenvalue weighted by molar-refractivity contribution is -0.139. The highest BCUT2D eigenvalue weighted by Gasteiger charge is 2.19. The highest BCUT2D eigenvalue weighted by molar-refractivity contribution is 7.90. The van der Waals surface area contributed by atoms with Gasteiger partial charge in [0.2, 0.25) is 0 Å². The van der Waals surface area contributed by atoms with Crippen LogP contribution in [0.15, 0.2) is 41.7 Å². The average Bonchev–Trinajstić information content (AvgIpc) is 2.88.